The Morgan fingerprint density at radius 3 is 2.37 bits per heavy atom. The van der Waals surface area contributed by atoms with Gasteiger partial charge in [-0.3, -0.25) is 4.79 Å². The Morgan fingerprint density at radius 1 is 1.26 bits per heavy atom. The van der Waals surface area contributed by atoms with E-state index in [4.69, 9.17) is 9.52 Å². The first-order chi connectivity index (χ1) is 8.78. The maximum Gasteiger partial charge on any atom is 0.255 e. The summed E-state index contributed by atoms with van der Waals surface area (Å²) in [6.07, 6.45) is 1.64. The maximum atomic E-state index is 12.2. The number of nitrogens with one attached hydrogen (secondary N) is 1. The number of carbonyl (C=O) groups excluding carboxylic acids is 1. The van der Waals surface area contributed by atoms with Crippen LogP contribution < -0.4 is 5.32 Å². The van der Waals surface area contributed by atoms with Crippen LogP contribution in [0.25, 0.3) is 0 Å². The molecule has 0 atom stereocenters. The van der Waals surface area contributed by atoms with Crippen molar-refractivity contribution in [3.8, 4) is 0 Å². The molecule has 1 aromatic rings. The average molecular weight is 267 g/mol. The molecule has 0 aromatic carbocycles. The Bertz CT molecular complexity index is 446. The Hall–Kier alpha value is -1.29. The lowest BCUT2D eigenvalue weighted by atomic mass is 9.88. The summed E-state index contributed by atoms with van der Waals surface area (Å²) in [6, 6.07) is 0. The van der Waals surface area contributed by atoms with Gasteiger partial charge in [0.2, 0.25) is 0 Å². The molecule has 1 heterocycles. The van der Waals surface area contributed by atoms with E-state index in [0.29, 0.717) is 17.9 Å². The number of hydrogen-bond acceptors (Lipinski definition) is 3. The van der Waals surface area contributed by atoms with Gasteiger partial charge in [-0.25, -0.2) is 0 Å². The highest BCUT2D eigenvalue weighted by Crippen LogP contribution is 2.23. The molecule has 1 amide bonds. The molecule has 0 bridgehead atoms. The minimum Gasteiger partial charge on any atom is -0.466 e. The highest BCUT2D eigenvalue weighted by atomic mass is 16.3. The first-order valence-electron chi connectivity index (χ1n) is 6.74. The standard InChI is InChI=1S/C15H25NO3/c1-10-11(2)19-12(3)13(10)14(18)16-9-15(4,5)7-6-8-17/h17H,6-9H2,1-5H3,(H,16,18). The summed E-state index contributed by atoms with van der Waals surface area (Å²) in [7, 11) is 0. The van der Waals surface area contributed by atoms with Crippen LogP contribution in [0, 0.1) is 26.2 Å². The summed E-state index contributed by atoms with van der Waals surface area (Å²) in [4.78, 5) is 12.2. The summed E-state index contributed by atoms with van der Waals surface area (Å²) < 4.78 is 5.47. The summed E-state index contributed by atoms with van der Waals surface area (Å²) in [5, 5.41) is 11.8. The van der Waals surface area contributed by atoms with Crippen molar-refractivity contribution in [2.45, 2.75) is 47.5 Å². The van der Waals surface area contributed by atoms with Crippen molar-refractivity contribution in [2.24, 2.45) is 5.41 Å². The lowest BCUT2D eigenvalue weighted by molar-refractivity contribution is 0.0931. The predicted molar refractivity (Wildman–Crippen MR) is 75.4 cm³/mol. The van der Waals surface area contributed by atoms with Crippen LogP contribution in [-0.2, 0) is 0 Å². The van der Waals surface area contributed by atoms with Crippen molar-refractivity contribution < 1.29 is 14.3 Å². The van der Waals surface area contributed by atoms with Crippen LogP contribution in [-0.4, -0.2) is 24.2 Å². The van der Waals surface area contributed by atoms with Crippen LogP contribution in [0.15, 0.2) is 4.42 Å². The van der Waals surface area contributed by atoms with Crippen LogP contribution in [0.5, 0.6) is 0 Å². The predicted octanol–water partition coefficient (Wildman–Crippen LogP) is 2.73. The highest BCUT2D eigenvalue weighted by molar-refractivity contribution is 5.96. The second-order valence-corrected chi connectivity index (χ2v) is 5.89. The van der Waals surface area contributed by atoms with Crippen molar-refractivity contribution >= 4 is 5.91 Å². The van der Waals surface area contributed by atoms with Gasteiger partial charge in [-0.2, -0.15) is 0 Å². The first kappa shape index (κ1) is 15.8. The second kappa shape index (κ2) is 6.24. The third-order valence-corrected chi connectivity index (χ3v) is 3.53. The molecule has 19 heavy (non-hydrogen) atoms. The van der Waals surface area contributed by atoms with Crippen molar-refractivity contribution in [1.82, 2.24) is 5.32 Å². The summed E-state index contributed by atoms with van der Waals surface area (Å²) in [6.45, 7) is 10.5. The Morgan fingerprint density at radius 2 is 1.89 bits per heavy atom. The summed E-state index contributed by atoms with van der Waals surface area (Å²) in [5.74, 6) is 1.38. The molecule has 0 saturated heterocycles. The van der Waals surface area contributed by atoms with Gasteiger partial charge in [0.05, 0.1) is 5.56 Å². The monoisotopic (exact) mass is 267 g/mol. The fourth-order valence-electron chi connectivity index (χ4n) is 2.18. The number of carbonyl (C=O) groups is 1. The number of hydrogen-bond donors (Lipinski definition) is 2. The van der Waals surface area contributed by atoms with Crippen LogP contribution in [0.4, 0.5) is 0 Å². The third-order valence-electron chi connectivity index (χ3n) is 3.53. The van der Waals surface area contributed by atoms with E-state index < -0.39 is 0 Å². The van der Waals surface area contributed by atoms with E-state index in [2.05, 4.69) is 19.2 Å². The molecule has 4 nitrogen and oxygen atoms in total. The largest absolute Gasteiger partial charge is 0.466 e. The van der Waals surface area contributed by atoms with Crippen LogP contribution in [0.3, 0.4) is 0 Å². The van der Waals surface area contributed by atoms with Gasteiger partial charge in [0, 0.05) is 18.7 Å². The summed E-state index contributed by atoms with van der Waals surface area (Å²) in [5.41, 5.74) is 1.54. The van der Waals surface area contributed by atoms with E-state index in [1.54, 1.807) is 0 Å². The van der Waals surface area contributed by atoms with E-state index in [-0.39, 0.29) is 17.9 Å². The van der Waals surface area contributed by atoms with Crippen LogP contribution in [0.1, 0.15) is 54.1 Å². The quantitative estimate of drug-likeness (QED) is 0.833. The zero-order chi connectivity index (χ0) is 14.6. The Labute approximate surface area is 115 Å². The fourth-order valence-corrected chi connectivity index (χ4v) is 2.18. The SMILES string of the molecule is Cc1oc(C)c(C(=O)NCC(C)(C)CCCO)c1C. The fraction of sp³-hybridized carbons (Fsp3) is 0.667. The van der Waals surface area contributed by atoms with Gasteiger partial charge < -0.3 is 14.8 Å². The minimum absolute atomic E-state index is 0.0149. The van der Waals surface area contributed by atoms with Gasteiger partial charge in [-0.15, -0.1) is 0 Å². The molecule has 0 aliphatic carbocycles. The number of amides is 1. The van der Waals surface area contributed by atoms with E-state index in [0.717, 1.165) is 24.2 Å². The molecule has 1 aromatic heterocycles. The van der Waals surface area contributed by atoms with Gasteiger partial charge >= 0.3 is 0 Å². The molecule has 0 spiro atoms. The van der Waals surface area contributed by atoms with Gasteiger partial charge in [-0.1, -0.05) is 13.8 Å². The maximum absolute atomic E-state index is 12.2. The van der Waals surface area contributed by atoms with Crippen molar-refractivity contribution in [1.29, 1.82) is 0 Å². The molecule has 108 valence electrons. The molecule has 1 rings (SSSR count). The number of aliphatic hydroxyl groups is 1. The molecule has 4 heteroatoms. The number of aryl methyl sites for hydroxylation is 2. The lowest BCUT2D eigenvalue weighted by Crippen LogP contribution is -2.34. The molecule has 0 radical (unpaired) electrons. The van der Waals surface area contributed by atoms with Crippen molar-refractivity contribution in [3.05, 3.63) is 22.6 Å². The Kier molecular flexibility index (Phi) is 5.18. The van der Waals surface area contributed by atoms with E-state index in [1.165, 1.54) is 0 Å². The van der Waals surface area contributed by atoms with Gasteiger partial charge in [0.25, 0.3) is 5.91 Å². The molecule has 0 aliphatic heterocycles. The first-order valence-corrected chi connectivity index (χ1v) is 6.74. The van der Waals surface area contributed by atoms with Crippen molar-refractivity contribution in [2.75, 3.05) is 13.2 Å². The molecular weight excluding hydrogens is 242 g/mol. The molecule has 2 N–H and O–H groups in total. The van der Waals surface area contributed by atoms with Gasteiger partial charge in [0.1, 0.15) is 11.5 Å². The van der Waals surface area contributed by atoms with Crippen molar-refractivity contribution in [3.63, 3.8) is 0 Å². The number of rotatable bonds is 6. The summed E-state index contributed by atoms with van der Waals surface area (Å²) >= 11 is 0. The molecular formula is C15H25NO3. The van der Waals surface area contributed by atoms with Gasteiger partial charge in [0.15, 0.2) is 0 Å². The third kappa shape index (κ3) is 4.10. The normalized spacial score (nSPS) is 11.7. The molecule has 0 unspecified atom stereocenters. The smallest absolute Gasteiger partial charge is 0.255 e. The average Bonchev–Trinajstić information content (AvgIpc) is 2.58. The molecule has 0 fully saturated rings. The number of furan rings is 1. The lowest BCUT2D eigenvalue weighted by Gasteiger charge is -2.24. The minimum atomic E-state index is -0.0797. The molecule has 0 saturated carbocycles. The van der Waals surface area contributed by atoms with Gasteiger partial charge in [-0.05, 0) is 39.0 Å². The van der Waals surface area contributed by atoms with E-state index in [1.807, 2.05) is 20.8 Å². The van der Waals surface area contributed by atoms with Crippen LogP contribution in [0.2, 0.25) is 0 Å². The zero-order valence-electron chi connectivity index (χ0n) is 12.6. The molecule has 0 aliphatic rings. The number of aliphatic hydroxyl groups excluding tert-OH is 1. The second-order valence-electron chi connectivity index (χ2n) is 5.89. The van der Waals surface area contributed by atoms with E-state index in [9.17, 15) is 4.79 Å². The van der Waals surface area contributed by atoms with Crippen LogP contribution >= 0.6 is 0 Å². The topological polar surface area (TPSA) is 62.5 Å². The highest BCUT2D eigenvalue weighted by Gasteiger charge is 2.22. The van der Waals surface area contributed by atoms with E-state index >= 15 is 0 Å². The zero-order valence-corrected chi connectivity index (χ0v) is 12.6. The Balaban J connectivity index is 2.65.